The van der Waals surface area contributed by atoms with Crippen molar-refractivity contribution in [1.82, 2.24) is 9.80 Å². The lowest BCUT2D eigenvalue weighted by molar-refractivity contribution is -0.130. The van der Waals surface area contributed by atoms with Crippen molar-refractivity contribution in [2.45, 2.75) is 0 Å². The fourth-order valence-corrected chi connectivity index (χ4v) is 1.18. The van der Waals surface area contributed by atoms with Gasteiger partial charge in [0.05, 0.1) is 6.54 Å². The van der Waals surface area contributed by atoms with E-state index in [9.17, 15) is 4.79 Å². The van der Waals surface area contributed by atoms with E-state index in [0.717, 1.165) is 0 Å². The van der Waals surface area contributed by atoms with Gasteiger partial charge in [0.2, 0.25) is 5.91 Å². The standard InChI is InChI=1S/C7H12N4O/c8-5-7(12)11-3-1-10(6-9)2-4-11/h1-5,8H2. The summed E-state index contributed by atoms with van der Waals surface area (Å²) in [6, 6.07) is 0. The van der Waals surface area contributed by atoms with Crippen LogP contribution in [0.2, 0.25) is 0 Å². The molecule has 0 radical (unpaired) electrons. The van der Waals surface area contributed by atoms with Gasteiger partial charge in [-0.15, -0.1) is 0 Å². The SMILES string of the molecule is N#CN1CCN(C(=O)CN)CC1. The van der Waals surface area contributed by atoms with Gasteiger partial charge < -0.3 is 15.5 Å². The van der Waals surface area contributed by atoms with Crippen molar-refractivity contribution < 1.29 is 4.79 Å². The molecule has 0 bridgehead atoms. The van der Waals surface area contributed by atoms with Crippen LogP contribution in [0.4, 0.5) is 0 Å². The first-order valence-corrected chi connectivity index (χ1v) is 3.90. The second kappa shape index (κ2) is 3.93. The van der Waals surface area contributed by atoms with Crippen LogP contribution in [0.5, 0.6) is 0 Å². The Kier molecular flexibility index (Phi) is 2.88. The summed E-state index contributed by atoms with van der Waals surface area (Å²) in [6.07, 6.45) is 2.05. The van der Waals surface area contributed by atoms with E-state index in [0.29, 0.717) is 26.2 Å². The van der Waals surface area contributed by atoms with Crippen LogP contribution in [-0.4, -0.2) is 48.4 Å². The molecule has 0 aromatic rings. The first-order valence-electron chi connectivity index (χ1n) is 3.90. The topological polar surface area (TPSA) is 73.4 Å². The third kappa shape index (κ3) is 1.86. The molecule has 5 heteroatoms. The molecular formula is C7H12N4O. The van der Waals surface area contributed by atoms with Crippen molar-refractivity contribution in [3.63, 3.8) is 0 Å². The Morgan fingerprint density at radius 2 is 2.00 bits per heavy atom. The summed E-state index contributed by atoms with van der Waals surface area (Å²) in [5.41, 5.74) is 5.20. The fourth-order valence-electron chi connectivity index (χ4n) is 1.18. The summed E-state index contributed by atoms with van der Waals surface area (Å²) in [4.78, 5) is 14.4. The number of amides is 1. The zero-order valence-corrected chi connectivity index (χ0v) is 6.86. The van der Waals surface area contributed by atoms with Gasteiger partial charge in [-0.05, 0) is 0 Å². The van der Waals surface area contributed by atoms with E-state index in [1.807, 2.05) is 6.19 Å². The summed E-state index contributed by atoms with van der Waals surface area (Å²) in [6.45, 7) is 2.55. The lowest BCUT2D eigenvalue weighted by atomic mass is 10.3. The highest BCUT2D eigenvalue weighted by Crippen LogP contribution is 1.99. The number of nitriles is 1. The van der Waals surface area contributed by atoms with Crippen LogP contribution < -0.4 is 5.73 Å². The molecule has 2 N–H and O–H groups in total. The Bertz CT molecular complexity index is 202. The summed E-state index contributed by atoms with van der Waals surface area (Å²) >= 11 is 0. The zero-order valence-electron chi connectivity index (χ0n) is 6.86. The second-order valence-electron chi connectivity index (χ2n) is 2.67. The van der Waals surface area contributed by atoms with Crippen LogP contribution in [0.25, 0.3) is 0 Å². The highest BCUT2D eigenvalue weighted by Gasteiger charge is 2.18. The normalized spacial score (nSPS) is 17.3. The third-order valence-corrected chi connectivity index (χ3v) is 1.95. The Morgan fingerprint density at radius 1 is 1.42 bits per heavy atom. The molecule has 0 atom stereocenters. The largest absolute Gasteiger partial charge is 0.338 e. The van der Waals surface area contributed by atoms with Crippen molar-refractivity contribution in [3.8, 4) is 6.19 Å². The number of carbonyl (C=O) groups is 1. The van der Waals surface area contributed by atoms with Gasteiger partial charge in [-0.25, -0.2) is 0 Å². The van der Waals surface area contributed by atoms with Crippen LogP contribution >= 0.6 is 0 Å². The first-order chi connectivity index (χ1) is 5.77. The highest BCUT2D eigenvalue weighted by molar-refractivity contribution is 5.78. The van der Waals surface area contributed by atoms with Crippen LogP contribution in [0.3, 0.4) is 0 Å². The van der Waals surface area contributed by atoms with Gasteiger partial charge in [0, 0.05) is 26.2 Å². The van der Waals surface area contributed by atoms with Gasteiger partial charge in [0.15, 0.2) is 6.19 Å². The molecule has 1 heterocycles. The van der Waals surface area contributed by atoms with Gasteiger partial charge in [0.1, 0.15) is 0 Å². The predicted molar refractivity (Wildman–Crippen MR) is 42.8 cm³/mol. The molecule has 5 nitrogen and oxygen atoms in total. The van der Waals surface area contributed by atoms with Gasteiger partial charge >= 0.3 is 0 Å². The zero-order chi connectivity index (χ0) is 8.97. The lowest BCUT2D eigenvalue weighted by Crippen LogP contribution is -2.48. The molecule has 12 heavy (non-hydrogen) atoms. The molecule has 0 unspecified atom stereocenters. The first kappa shape index (κ1) is 8.81. The van der Waals surface area contributed by atoms with Crippen molar-refractivity contribution in [2.75, 3.05) is 32.7 Å². The molecular weight excluding hydrogens is 156 g/mol. The summed E-state index contributed by atoms with van der Waals surface area (Å²) in [5, 5.41) is 8.52. The molecule has 1 fully saturated rings. The maximum Gasteiger partial charge on any atom is 0.236 e. The van der Waals surface area contributed by atoms with Crippen LogP contribution in [0.15, 0.2) is 0 Å². The minimum absolute atomic E-state index is 0.0346. The molecule has 0 aromatic heterocycles. The molecule has 1 saturated heterocycles. The maximum absolute atomic E-state index is 11.1. The van der Waals surface area contributed by atoms with Crippen LogP contribution in [0.1, 0.15) is 0 Å². The molecule has 1 aliphatic rings. The molecule has 1 amide bonds. The fraction of sp³-hybridized carbons (Fsp3) is 0.714. The average molecular weight is 168 g/mol. The molecule has 66 valence electrons. The number of carbonyl (C=O) groups excluding carboxylic acids is 1. The quantitative estimate of drug-likeness (QED) is 0.487. The van der Waals surface area contributed by atoms with E-state index < -0.39 is 0 Å². The van der Waals surface area contributed by atoms with Gasteiger partial charge in [0.25, 0.3) is 0 Å². The van der Waals surface area contributed by atoms with E-state index in [4.69, 9.17) is 11.0 Å². The molecule has 0 spiro atoms. The molecule has 0 aromatic carbocycles. The molecule has 1 aliphatic heterocycles. The van der Waals surface area contributed by atoms with E-state index >= 15 is 0 Å². The van der Waals surface area contributed by atoms with Crippen LogP contribution in [0, 0.1) is 11.5 Å². The van der Waals surface area contributed by atoms with Crippen molar-refractivity contribution in [2.24, 2.45) is 5.73 Å². The second-order valence-corrected chi connectivity index (χ2v) is 2.67. The van der Waals surface area contributed by atoms with Crippen molar-refractivity contribution in [1.29, 1.82) is 5.26 Å². The summed E-state index contributed by atoms with van der Waals surface area (Å²) < 4.78 is 0. The average Bonchev–Trinajstić information content (AvgIpc) is 2.17. The van der Waals surface area contributed by atoms with Gasteiger partial charge in [-0.1, -0.05) is 0 Å². The minimum Gasteiger partial charge on any atom is -0.338 e. The van der Waals surface area contributed by atoms with E-state index in [-0.39, 0.29) is 12.5 Å². The maximum atomic E-state index is 11.1. The van der Waals surface area contributed by atoms with Crippen molar-refractivity contribution in [3.05, 3.63) is 0 Å². The Balaban J connectivity index is 2.37. The number of hydrogen-bond acceptors (Lipinski definition) is 4. The molecule has 0 saturated carbocycles. The number of rotatable bonds is 1. The Hall–Kier alpha value is -1.28. The summed E-state index contributed by atoms with van der Waals surface area (Å²) in [5.74, 6) is -0.0346. The minimum atomic E-state index is -0.0346. The molecule has 0 aliphatic carbocycles. The van der Waals surface area contributed by atoms with Crippen molar-refractivity contribution >= 4 is 5.91 Å². The van der Waals surface area contributed by atoms with Gasteiger partial charge in [-0.2, -0.15) is 5.26 Å². The number of nitrogens with two attached hydrogens (primary N) is 1. The Morgan fingerprint density at radius 3 is 2.42 bits per heavy atom. The number of piperazine rings is 1. The predicted octanol–water partition coefficient (Wildman–Crippen LogP) is -1.43. The lowest BCUT2D eigenvalue weighted by Gasteiger charge is -2.31. The van der Waals surface area contributed by atoms with E-state index in [2.05, 4.69) is 0 Å². The number of hydrogen-bond donors (Lipinski definition) is 1. The van der Waals surface area contributed by atoms with E-state index in [1.54, 1.807) is 9.80 Å². The highest BCUT2D eigenvalue weighted by atomic mass is 16.2. The monoisotopic (exact) mass is 168 g/mol. The summed E-state index contributed by atoms with van der Waals surface area (Å²) in [7, 11) is 0. The third-order valence-electron chi connectivity index (χ3n) is 1.95. The smallest absolute Gasteiger partial charge is 0.236 e. The van der Waals surface area contributed by atoms with Crippen LogP contribution in [-0.2, 0) is 4.79 Å². The van der Waals surface area contributed by atoms with Gasteiger partial charge in [-0.3, -0.25) is 4.79 Å². The van der Waals surface area contributed by atoms with E-state index in [1.165, 1.54) is 0 Å². The Labute approximate surface area is 71.3 Å². The molecule has 1 rings (SSSR count). The number of nitrogens with zero attached hydrogens (tertiary/aromatic N) is 3.